The van der Waals surface area contributed by atoms with Gasteiger partial charge in [0.2, 0.25) is 0 Å². The number of nitriles is 3. The van der Waals surface area contributed by atoms with Gasteiger partial charge in [0.1, 0.15) is 6.07 Å². The maximum atomic E-state index is 13.8. The number of nitrogens with two attached hydrogens (primary N) is 1. The lowest BCUT2D eigenvalue weighted by atomic mass is 9.57. The van der Waals surface area contributed by atoms with E-state index in [1.807, 2.05) is 30.0 Å². The predicted molar refractivity (Wildman–Crippen MR) is 98.4 cm³/mol. The Morgan fingerprint density at radius 1 is 1.21 bits per heavy atom. The largest absolute Gasteiger partial charge is 0.416 e. The first-order valence-corrected chi connectivity index (χ1v) is 9.06. The monoisotopic (exact) mass is 397 g/mol. The summed E-state index contributed by atoms with van der Waals surface area (Å²) < 4.78 is 41.4. The molecular formula is C21H18F3N5. The molecule has 0 saturated heterocycles. The Morgan fingerprint density at radius 2 is 1.86 bits per heavy atom. The first kappa shape index (κ1) is 20.5. The summed E-state index contributed by atoms with van der Waals surface area (Å²) in [6.07, 6.45) is -2.89. The minimum Gasteiger partial charge on any atom is -0.399 e. The second-order valence-corrected chi connectivity index (χ2v) is 7.11. The van der Waals surface area contributed by atoms with Gasteiger partial charge in [-0.3, -0.25) is 4.90 Å². The van der Waals surface area contributed by atoms with Gasteiger partial charge in [0.15, 0.2) is 5.41 Å². The van der Waals surface area contributed by atoms with Crippen LogP contribution in [-0.2, 0) is 6.18 Å². The molecule has 0 bridgehead atoms. The number of alkyl halides is 3. The van der Waals surface area contributed by atoms with Crippen molar-refractivity contribution in [2.24, 2.45) is 17.1 Å². The number of rotatable bonds is 2. The maximum Gasteiger partial charge on any atom is 0.416 e. The van der Waals surface area contributed by atoms with Gasteiger partial charge in [-0.05, 0) is 23.7 Å². The average Bonchev–Trinajstić information content (AvgIpc) is 2.72. The van der Waals surface area contributed by atoms with Crippen LogP contribution >= 0.6 is 0 Å². The van der Waals surface area contributed by atoms with Crippen LogP contribution in [0.15, 0.2) is 47.2 Å². The molecule has 5 nitrogen and oxygen atoms in total. The summed E-state index contributed by atoms with van der Waals surface area (Å²) in [7, 11) is 0. The second kappa shape index (κ2) is 7.28. The SMILES string of the molecule is CCN1CC=C2C(C#N)=C(N)C(C#N)(C#N)[C@H](c3ccccc3C(F)(F)F)[C@H]2C1. The van der Waals surface area contributed by atoms with E-state index in [1.165, 1.54) is 18.2 Å². The third-order valence-electron chi connectivity index (χ3n) is 5.79. The van der Waals surface area contributed by atoms with Gasteiger partial charge in [0.05, 0.1) is 29.0 Å². The molecule has 8 heteroatoms. The van der Waals surface area contributed by atoms with Gasteiger partial charge < -0.3 is 5.73 Å². The molecule has 1 aliphatic carbocycles. The fourth-order valence-corrected chi connectivity index (χ4v) is 4.37. The highest BCUT2D eigenvalue weighted by Gasteiger charge is 2.56. The van der Waals surface area contributed by atoms with E-state index in [9.17, 15) is 29.0 Å². The van der Waals surface area contributed by atoms with Gasteiger partial charge in [-0.15, -0.1) is 0 Å². The fourth-order valence-electron chi connectivity index (χ4n) is 4.37. The van der Waals surface area contributed by atoms with Crippen molar-refractivity contribution in [3.8, 4) is 18.2 Å². The van der Waals surface area contributed by atoms with Gasteiger partial charge in [-0.1, -0.05) is 31.2 Å². The van der Waals surface area contributed by atoms with Crippen molar-refractivity contribution in [1.82, 2.24) is 4.90 Å². The summed E-state index contributed by atoms with van der Waals surface area (Å²) in [5, 5.41) is 29.6. The Hall–Kier alpha value is -3.28. The molecular weight excluding hydrogens is 379 g/mol. The zero-order valence-corrected chi connectivity index (χ0v) is 15.7. The number of fused-ring (bicyclic) bond motifs is 1. The molecule has 0 saturated carbocycles. The lowest BCUT2D eigenvalue weighted by Crippen LogP contribution is -2.48. The van der Waals surface area contributed by atoms with Crippen molar-refractivity contribution in [3.63, 3.8) is 0 Å². The minimum atomic E-state index is -4.66. The summed E-state index contributed by atoms with van der Waals surface area (Å²) in [5.41, 5.74) is 3.25. The van der Waals surface area contributed by atoms with E-state index in [4.69, 9.17) is 5.73 Å². The summed E-state index contributed by atoms with van der Waals surface area (Å²) in [6.45, 7) is 3.39. The highest BCUT2D eigenvalue weighted by atomic mass is 19.4. The zero-order valence-electron chi connectivity index (χ0n) is 15.7. The molecule has 148 valence electrons. The van der Waals surface area contributed by atoms with Crippen molar-refractivity contribution in [2.45, 2.75) is 19.0 Å². The van der Waals surface area contributed by atoms with Crippen molar-refractivity contribution >= 4 is 0 Å². The van der Waals surface area contributed by atoms with Crippen molar-refractivity contribution in [2.75, 3.05) is 19.6 Å². The summed E-state index contributed by atoms with van der Waals surface area (Å²) in [4.78, 5) is 1.99. The van der Waals surface area contributed by atoms with Gasteiger partial charge in [0.25, 0.3) is 0 Å². The summed E-state index contributed by atoms with van der Waals surface area (Å²) in [5.74, 6) is -1.80. The molecule has 3 rings (SSSR count). The quantitative estimate of drug-likeness (QED) is 0.824. The van der Waals surface area contributed by atoms with Crippen molar-refractivity contribution < 1.29 is 13.2 Å². The molecule has 1 aromatic carbocycles. The topological polar surface area (TPSA) is 101 Å². The van der Waals surface area contributed by atoms with Gasteiger partial charge in [0, 0.05) is 24.9 Å². The molecule has 0 spiro atoms. The van der Waals surface area contributed by atoms with E-state index in [1.54, 1.807) is 6.08 Å². The Morgan fingerprint density at radius 3 is 2.41 bits per heavy atom. The lowest BCUT2D eigenvalue weighted by molar-refractivity contribution is -0.138. The number of halogens is 3. The number of allylic oxidation sites excluding steroid dienone is 2. The van der Waals surface area contributed by atoms with Crippen LogP contribution in [0.2, 0.25) is 0 Å². The van der Waals surface area contributed by atoms with Gasteiger partial charge in [-0.2, -0.15) is 29.0 Å². The number of benzene rings is 1. The molecule has 0 radical (unpaired) electrons. The Labute approximate surface area is 166 Å². The molecule has 1 heterocycles. The van der Waals surface area contributed by atoms with Crippen LogP contribution in [0.5, 0.6) is 0 Å². The first-order valence-electron chi connectivity index (χ1n) is 9.06. The second-order valence-electron chi connectivity index (χ2n) is 7.11. The molecule has 0 aromatic heterocycles. The molecule has 2 aliphatic rings. The Kier molecular flexibility index (Phi) is 5.13. The third kappa shape index (κ3) is 3.05. The molecule has 0 amide bonds. The van der Waals surface area contributed by atoms with Crippen molar-refractivity contribution in [3.05, 3.63) is 58.3 Å². The fraction of sp³-hybridized carbons (Fsp3) is 0.381. The molecule has 2 N–H and O–H groups in total. The number of likely N-dealkylation sites (N-methyl/N-ethyl adjacent to an activating group) is 1. The predicted octanol–water partition coefficient (Wildman–Crippen LogP) is 3.45. The smallest absolute Gasteiger partial charge is 0.399 e. The molecule has 2 atom stereocenters. The zero-order chi connectivity index (χ0) is 21.4. The minimum absolute atomic E-state index is 0.0228. The highest BCUT2D eigenvalue weighted by molar-refractivity contribution is 5.60. The lowest BCUT2D eigenvalue weighted by Gasteiger charge is -2.46. The summed E-state index contributed by atoms with van der Waals surface area (Å²) >= 11 is 0. The Balaban J connectivity index is 2.38. The van der Waals surface area contributed by atoms with Gasteiger partial charge in [-0.25, -0.2) is 0 Å². The molecule has 0 unspecified atom stereocenters. The highest BCUT2D eigenvalue weighted by Crippen LogP contribution is 2.55. The van der Waals surface area contributed by atoms with E-state index in [2.05, 4.69) is 0 Å². The molecule has 1 aromatic rings. The van der Waals surface area contributed by atoms with Crippen LogP contribution in [0.25, 0.3) is 0 Å². The average molecular weight is 397 g/mol. The number of hydrogen-bond donors (Lipinski definition) is 1. The number of nitrogens with zero attached hydrogens (tertiary/aromatic N) is 4. The molecule has 0 fully saturated rings. The van der Waals surface area contributed by atoms with Crippen LogP contribution in [0.3, 0.4) is 0 Å². The molecule has 29 heavy (non-hydrogen) atoms. The van der Waals surface area contributed by atoms with Crippen molar-refractivity contribution in [1.29, 1.82) is 15.8 Å². The van der Waals surface area contributed by atoms with Crippen LogP contribution in [0.4, 0.5) is 13.2 Å². The van der Waals surface area contributed by atoms with E-state index in [-0.39, 0.29) is 16.8 Å². The van der Waals surface area contributed by atoms with Gasteiger partial charge >= 0.3 is 6.18 Å². The van der Waals surface area contributed by atoms with E-state index < -0.39 is 29.0 Å². The van der Waals surface area contributed by atoms with Crippen LogP contribution in [0, 0.1) is 45.3 Å². The normalized spacial score (nSPS) is 24.0. The third-order valence-corrected chi connectivity index (χ3v) is 5.79. The van der Waals surface area contributed by atoms with Crippen LogP contribution in [0.1, 0.15) is 24.0 Å². The summed E-state index contributed by atoms with van der Waals surface area (Å²) in [6, 6.07) is 10.7. The van der Waals surface area contributed by atoms with E-state index in [0.29, 0.717) is 25.2 Å². The van der Waals surface area contributed by atoms with E-state index >= 15 is 0 Å². The van der Waals surface area contributed by atoms with Crippen LogP contribution < -0.4 is 5.73 Å². The number of hydrogen-bond acceptors (Lipinski definition) is 5. The van der Waals surface area contributed by atoms with Crippen LogP contribution in [-0.4, -0.2) is 24.5 Å². The molecule has 1 aliphatic heterocycles. The van der Waals surface area contributed by atoms with E-state index in [0.717, 1.165) is 6.07 Å². The Bertz CT molecular complexity index is 1000. The standard InChI is InChI=1S/C21H18F3N5/c1-2-29-8-7-13-15(9-25)19(28)20(11-26,12-27)18(16(13)10-29)14-5-3-4-6-17(14)21(22,23)24/h3-7,16,18H,2,8,10,28H2,1H3/t16-,18+/m0/s1. The maximum absolute atomic E-state index is 13.8. The first-order chi connectivity index (χ1) is 13.7.